The summed E-state index contributed by atoms with van der Waals surface area (Å²) < 4.78 is 9.62. The predicted octanol–water partition coefficient (Wildman–Crippen LogP) is 2.24. The number of esters is 1. The van der Waals surface area contributed by atoms with Gasteiger partial charge in [-0.3, -0.25) is 0 Å². The summed E-state index contributed by atoms with van der Waals surface area (Å²) in [4.78, 5) is 23.0. The lowest BCUT2D eigenvalue weighted by Crippen LogP contribution is -2.42. The van der Waals surface area contributed by atoms with Gasteiger partial charge in [-0.05, 0) is 12.0 Å². The molecule has 0 aliphatic rings. The molecule has 1 aromatic carbocycles. The summed E-state index contributed by atoms with van der Waals surface area (Å²) in [7, 11) is 1.28. The van der Waals surface area contributed by atoms with Crippen LogP contribution in [0.1, 0.15) is 12.0 Å². The number of ether oxygens (including phenoxy) is 2. The van der Waals surface area contributed by atoms with Crippen LogP contribution in [-0.4, -0.2) is 30.5 Å². The highest BCUT2D eigenvalue weighted by molar-refractivity contribution is 9.09. The smallest absolute Gasteiger partial charge is 0.408 e. The third kappa shape index (κ3) is 5.74. The first kappa shape index (κ1) is 15.5. The molecule has 0 saturated heterocycles. The van der Waals surface area contributed by atoms with E-state index in [1.807, 2.05) is 30.3 Å². The molecule has 104 valence electrons. The first-order chi connectivity index (χ1) is 9.17. The third-order valence-electron chi connectivity index (χ3n) is 2.39. The van der Waals surface area contributed by atoms with Gasteiger partial charge in [0.05, 0.1) is 7.11 Å². The number of benzene rings is 1. The molecule has 0 aliphatic carbocycles. The van der Waals surface area contributed by atoms with Gasteiger partial charge in [0, 0.05) is 5.33 Å². The normalized spacial score (nSPS) is 11.5. The van der Waals surface area contributed by atoms with Gasteiger partial charge in [0.2, 0.25) is 0 Å². The fourth-order valence-electron chi connectivity index (χ4n) is 1.41. The lowest BCUT2D eigenvalue weighted by Gasteiger charge is -2.15. The van der Waals surface area contributed by atoms with Crippen LogP contribution in [0.5, 0.6) is 0 Å². The minimum atomic E-state index is -0.701. The number of alkyl carbamates (subject to hydrolysis) is 1. The SMILES string of the molecule is COC(=O)C(CCBr)NC(=O)OCc1ccccc1. The van der Waals surface area contributed by atoms with Crippen LogP contribution < -0.4 is 5.32 Å². The summed E-state index contributed by atoms with van der Waals surface area (Å²) in [6.07, 6.45) is -0.201. The lowest BCUT2D eigenvalue weighted by atomic mass is 10.2. The second-order valence-electron chi connectivity index (χ2n) is 3.76. The molecule has 0 aromatic heterocycles. The maximum Gasteiger partial charge on any atom is 0.408 e. The minimum absolute atomic E-state index is 0.162. The predicted molar refractivity (Wildman–Crippen MR) is 74.0 cm³/mol. The van der Waals surface area contributed by atoms with Crippen molar-refractivity contribution < 1.29 is 19.1 Å². The van der Waals surface area contributed by atoms with E-state index in [-0.39, 0.29) is 6.61 Å². The molecule has 0 spiro atoms. The summed E-state index contributed by atoms with van der Waals surface area (Å²) in [6, 6.07) is 8.60. The maximum atomic E-state index is 11.6. The fourth-order valence-corrected chi connectivity index (χ4v) is 1.87. The number of carbonyl (C=O) groups excluding carboxylic acids is 2. The molecule has 0 saturated carbocycles. The molecule has 1 unspecified atom stereocenters. The quantitative estimate of drug-likeness (QED) is 0.642. The Balaban J connectivity index is 2.42. The zero-order chi connectivity index (χ0) is 14.1. The van der Waals surface area contributed by atoms with E-state index in [1.165, 1.54) is 7.11 Å². The molecule has 0 radical (unpaired) electrons. The van der Waals surface area contributed by atoms with Crippen molar-refractivity contribution in [3.05, 3.63) is 35.9 Å². The number of rotatable bonds is 6. The Kier molecular flexibility index (Phi) is 6.95. The first-order valence-electron chi connectivity index (χ1n) is 5.78. The number of alkyl halides is 1. The molecule has 5 nitrogen and oxygen atoms in total. The van der Waals surface area contributed by atoms with Gasteiger partial charge in [-0.15, -0.1) is 0 Å². The molecule has 6 heteroatoms. The van der Waals surface area contributed by atoms with Crippen molar-refractivity contribution >= 4 is 28.0 Å². The van der Waals surface area contributed by atoms with Gasteiger partial charge >= 0.3 is 12.1 Å². The molecule has 1 rings (SSSR count). The van der Waals surface area contributed by atoms with Crippen LogP contribution in [0.2, 0.25) is 0 Å². The van der Waals surface area contributed by atoms with E-state index in [0.29, 0.717) is 11.8 Å². The highest BCUT2D eigenvalue weighted by Gasteiger charge is 2.21. The van der Waals surface area contributed by atoms with E-state index in [1.54, 1.807) is 0 Å². The molecule has 1 amide bonds. The third-order valence-corrected chi connectivity index (χ3v) is 2.85. The van der Waals surface area contributed by atoms with E-state index in [2.05, 4.69) is 26.0 Å². The summed E-state index contributed by atoms with van der Waals surface area (Å²) in [5, 5.41) is 3.05. The lowest BCUT2D eigenvalue weighted by molar-refractivity contribution is -0.143. The van der Waals surface area contributed by atoms with Crippen LogP contribution in [0.4, 0.5) is 4.79 Å². The first-order valence-corrected chi connectivity index (χ1v) is 6.90. The highest BCUT2D eigenvalue weighted by Crippen LogP contribution is 2.03. The monoisotopic (exact) mass is 329 g/mol. The molecule has 1 N–H and O–H groups in total. The second kappa shape index (κ2) is 8.53. The minimum Gasteiger partial charge on any atom is -0.467 e. The van der Waals surface area contributed by atoms with E-state index in [4.69, 9.17) is 4.74 Å². The molecular weight excluding hydrogens is 314 g/mol. The van der Waals surface area contributed by atoms with Gasteiger partial charge in [0.15, 0.2) is 0 Å². The number of halogens is 1. The van der Waals surface area contributed by atoms with Crippen molar-refractivity contribution in [2.75, 3.05) is 12.4 Å². The van der Waals surface area contributed by atoms with Crippen molar-refractivity contribution in [3.8, 4) is 0 Å². The Hall–Kier alpha value is -1.56. The summed E-state index contributed by atoms with van der Waals surface area (Å²) in [5.74, 6) is -0.490. The average Bonchev–Trinajstić information content (AvgIpc) is 2.45. The van der Waals surface area contributed by atoms with Gasteiger partial charge in [-0.25, -0.2) is 9.59 Å². The van der Waals surface area contributed by atoms with Gasteiger partial charge in [-0.2, -0.15) is 0 Å². The zero-order valence-electron chi connectivity index (χ0n) is 10.6. The summed E-state index contributed by atoms with van der Waals surface area (Å²) >= 11 is 3.21. The molecule has 1 aromatic rings. The Morgan fingerprint density at radius 2 is 2.00 bits per heavy atom. The van der Waals surface area contributed by atoms with Gasteiger partial charge in [0.1, 0.15) is 12.6 Å². The van der Waals surface area contributed by atoms with Crippen LogP contribution in [0.25, 0.3) is 0 Å². The molecule has 0 bridgehead atoms. The van der Waals surface area contributed by atoms with Crippen molar-refractivity contribution in [2.24, 2.45) is 0 Å². The van der Waals surface area contributed by atoms with E-state index < -0.39 is 18.1 Å². The molecule has 0 aliphatic heterocycles. The topological polar surface area (TPSA) is 64.6 Å². The van der Waals surface area contributed by atoms with Crippen LogP contribution in [0.15, 0.2) is 30.3 Å². The largest absolute Gasteiger partial charge is 0.467 e. The van der Waals surface area contributed by atoms with Crippen LogP contribution in [0.3, 0.4) is 0 Å². The molecule has 19 heavy (non-hydrogen) atoms. The Bertz CT molecular complexity index is 410. The summed E-state index contributed by atoms with van der Waals surface area (Å²) in [5.41, 5.74) is 0.882. The standard InChI is InChI=1S/C13H16BrNO4/c1-18-12(16)11(7-8-14)15-13(17)19-9-10-5-3-2-4-6-10/h2-6,11H,7-9H2,1H3,(H,15,17). The maximum absolute atomic E-state index is 11.6. The fraction of sp³-hybridized carbons (Fsp3) is 0.385. The van der Waals surface area contributed by atoms with Crippen molar-refractivity contribution in [1.29, 1.82) is 0 Å². The Morgan fingerprint density at radius 1 is 1.32 bits per heavy atom. The number of methoxy groups -OCH3 is 1. The van der Waals surface area contributed by atoms with E-state index in [0.717, 1.165) is 5.56 Å². The number of carbonyl (C=O) groups is 2. The molecule has 0 heterocycles. The van der Waals surface area contributed by atoms with Crippen LogP contribution >= 0.6 is 15.9 Å². The molecule has 0 fully saturated rings. The number of hydrogen-bond donors (Lipinski definition) is 1. The molecular formula is C13H16BrNO4. The number of nitrogens with one attached hydrogen (secondary N) is 1. The van der Waals surface area contributed by atoms with Crippen molar-refractivity contribution in [3.63, 3.8) is 0 Å². The van der Waals surface area contributed by atoms with Gasteiger partial charge in [-0.1, -0.05) is 46.3 Å². The number of hydrogen-bond acceptors (Lipinski definition) is 4. The van der Waals surface area contributed by atoms with E-state index in [9.17, 15) is 9.59 Å². The second-order valence-corrected chi connectivity index (χ2v) is 4.55. The highest BCUT2D eigenvalue weighted by atomic mass is 79.9. The Labute approximate surface area is 120 Å². The zero-order valence-corrected chi connectivity index (χ0v) is 12.2. The molecule has 1 atom stereocenters. The summed E-state index contributed by atoms with van der Waals surface area (Å²) in [6.45, 7) is 0.162. The van der Waals surface area contributed by atoms with Crippen molar-refractivity contribution in [1.82, 2.24) is 5.32 Å². The van der Waals surface area contributed by atoms with Crippen molar-refractivity contribution in [2.45, 2.75) is 19.1 Å². The van der Waals surface area contributed by atoms with Crippen LogP contribution in [0, 0.1) is 0 Å². The number of amides is 1. The van der Waals surface area contributed by atoms with Crippen LogP contribution in [-0.2, 0) is 20.9 Å². The average molecular weight is 330 g/mol. The van der Waals surface area contributed by atoms with Gasteiger partial charge in [0.25, 0.3) is 0 Å². The van der Waals surface area contributed by atoms with E-state index >= 15 is 0 Å². The van der Waals surface area contributed by atoms with Gasteiger partial charge < -0.3 is 14.8 Å². The Morgan fingerprint density at radius 3 is 2.58 bits per heavy atom.